The van der Waals surface area contributed by atoms with Crippen molar-refractivity contribution in [3.63, 3.8) is 0 Å². The molecule has 1 atom stereocenters. The number of guanidine groups is 1. The Balaban J connectivity index is 1.89. The van der Waals surface area contributed by atoms with E-state index in [-0.39, 0.29) is 11.9 Å². The number of benzene rings is 1. The van der Waals surface area contributed by atoms with Crippen LogP contribution in [0.3, 0.4) is 0 Å². The van der Waals surface area contributed by atoms with Gasteiger partial charge in [0.15, 0.2) is 5.96 Å². The summed E-state index contributed by atoms with van der Waals surface area (Å²) >= 11 is 0. The third-order valence-corrected chi connectivity index (χ3v) is 4.54. The molecule has 126 valence electrons. The molecule has 2 aromatic rings. The Bertz CT molecular complexity index is 761. The largest absolute Gasteiger partial charge is 0.346 e. The van der Waals surface area contributed by atoms with Gasteiger partial charge in [-0.05, 0) is 31.0 Å². The number of rotatable bonds is 4. The zero-order valence-corrected chi connectivity index (χ0v) is 14.3. The first kappa shape index (κ1) is 16.2. The second-order valence-corrected chi connectivity index (χ2v) is 6.53. The molecule has 3 rings (SSSR count). The second kappa shape index (κ2) is 6.11. The van der Waals surface area contributed by atoms with Gasteiger partial charge in [0.2, 0.25) is 5.91 Å². The van der Waals surface area contributed by atoms with E-state index in [1.54, 1.807) is 13.2 Å². The lowest BCUT2D eigenvalue weighted by Crippen LogP contribution is -2.58. The van der Waals surface area contributed by atoms with Crippen LogP contribution < -0.4 is 5.32 Å². The zero-order valence-electron chi connectivity index (χ0n) is 14.3. The number of aryl methyl sites for hydroxylation is 1. The number of hydrogen-bond donors (Lipinski definition) is 2. The summed E-state index contributed by atoms with van der Waals surface area (Å²) in [5.41, 5.74) is 2.58. The van der Waals surface area contributed by atoms with E-state index in [0.717, 1.165) is 24.1 Å². The Morgan fingerprint density at radius 1 is 1.42 bits per heavy atom. The molecule has 0 saturated carbocycles. The van der Waals surface area contributed by atoms with E-state index >= 15 is 0 Å². The van der Waals surface area contributed by atoms with E-state index < -0.39 is 5.54 Å². The molecular formula is C18H23N5O. The van der Waals surface area contributed by atoms with Crippen molar-refractivity contribution in [2.45, 2.75) is 38.6 Å². The van der Waals surface area contributed by atoms with Crippen molar-refractivity contribution in [2.24, 2.45) is 0 Å². The summed E-state index contributed by atoms with van der Waals surface area (Å²) in [7, 11) is 1.61. The quantitative estimate of drug-likeness (QED) is 0.906. The lowest BCUT2D eigenvalue weighted by atomic mass is 9.89. The fourth-order valence-corrected chi connectivity index (χ4v) is 3.00. The number of nitrogens with one attached hydrogen (secondary N) is 2. The Labute approximate surface area is 142 Å². The topological polar surface area (TPSA) is 74.0 Å². The molecular weight excluding hydrogens is 302 g/mol. The molecule has 0 bridgehead atoms. The van der Waals surface area contributed by atoms with Crippen molar-refractivity contribution >= 4 is 11.9 Å². The van der Waals surface area contributed by atoms with E-state index in [2.05, 4.69) is 29.5 Å². The third kappa shape index (κ3) is 2.91. The lowest BCUT2D eigenvalue weighted by Gasteiger charge is -2.38. The van der Waals surface area contributed by atoms with Gasteiger partial charge in [-0.2, -0.15) is 5.10 Å². The fourth-order valence-electron chi connectivity index (χ4n) is 3.00. The number of nitrogens with zero attached hydrogens (tertiary/aromatic N) is 3. The molecule has 0 aliphatic carbocycles. The molecule has 2 N–H and O–H groups in total. The first-order valence-corrected chi connectivity index (χ1v) is 8.21. The van der Waals surface area contributed by atoms with Gasteiger partial charge in [-0.3, -0.25) is 15.1 Å². The molecule has 0 spiro atoms. The molecule has 2 heterocycles. The molecule has 1 aromatic carbocycles. The lowest BCUT2D eigenvalue weighted by molar-refractivity contribution is -0.129. The highest BCUT2D eigenvalue weighted by Crippen LogP contribution is 2.29. The van der Waals surface area contributed by atoms with E-state index in [9.17, 15) is 4.79 Å². The van der Waals surface area contributed by atoms with E-state index in [1.807, 2.05) is 29.9 Å². The van der Waals surface area contributed by atoms with Gasteiger partial charge in [-0.15, -0.1) is 0 Å². The highest BCUT2D eigenvalue weighted by Gasteiger charge is 2.38. The Morgan fingerprint density at radius 3 is 2.92 bits per heavy atom. The van der Waals surface area contributed by atoms with Gasteiger partial charge in [0.05, 0.1) is 23.8 Å². The molecule has 1 amide bonds. The first-order chi connectivity index (χ1) is 11.4. The highest BCUT2D eigenvalue weighted by molar-refractivity contribution is 5.98. The third-order valence-electron chi connectivity index (χ3n) is 4.54. The van der Waals surface area contributed by atoms with Crippen molar-refractivity contribution < 1.29 is 4.79 Å². The summed E-state index contributed by atoms with van der Waals surface area (Å²) in [6.07, 6.45) is 6.15. The maximum atomic E-state index is 12.1. The monoisotopic (exact) mass is 325 g/mol. The predicted octanol–water partition coefficient (Wildman–Crippen LogP) is 2.43. The van der Waals surface area contributed by atoms with Crippen LogP contribution in [0, 0.1) is 5.41 Å². The van der Waals surface area contributed by atoms with Crippen LogP contribution in [0.5, 0.6) is 0 Å². The number of carbonyl (C=O) groups is 1. The van der Waals surface area contributed by atoms with Crippen LogP contribution in [0.25, 0.3) is 5.69 Å². The molecule has 1 saturated heterocycles. The van der Waals surface area contributed by atoms with Crippen LogP contribution in [0.15, 0.2) is 36.7 Å². The smallest absolute Gasteiger partial charge is 0.231 e. The normalized spacial score (nSPS) is 21.0. The second-order valence-electron chi connectivity index (χ2n) is 6.53. The zero-order chi connectivity index (χ0) is 17.3. The minimum absolute atomic E-state index is 0.0704. The number of hydrogen-bond acceptors (Lipinski definition) is 3. The molecule has 1 aliphatic heterocycles. The van der Waals surface area contributed by atoms with Crippen LogP contribution >= 0.6 is 0 Å². The highest BCUT2D eigenvalue weighted by atomic mass is 16.2. The van der Waals surface area contributed by atoms with Crippen molar-refractivity contribution in [1.82, 2.24) is 20.0 Å². The van der Waals surface area contributed by atoms with Crippen molar-refractivity contribution in [1.29, 1.82) is 5.41 Å². The minimum atomic E-state index is -0.611. The Kier molecular flexibility index (Phi) is 4.13. The summed E-state index contributed by atoms with van der Waals surface area (Å²) in [6, 6.07) is 8.32. The standard InChI is InChI=1S/C18H23N5O/c1-4-6-13-7-5-8-15(9-13)23-12-14(11-20-23)18(2)10-16(24)22(3)17(19)21-18/h5,7-9,11-12H,4,6,10H2,1-3H3,(H2,19,21)/t18-/m0/s1. The van der Waals surface area contributed by atoms with Gasteiger partial charge >= 0.3 is 0 Å². The van der Waals surface area contributed by atoms with Gasteiger partial charge in [0.1, 0.15) is 0 Å². The molecule has 1 aliphatic rings. The maximum absolute atomic E-state index is 12.1. The van der Waals surface area contributed by atoms with E-state index in [0.29, 0.717) is 6.42 Å². The van der Waals surface area contributed by atoms with Crippen LogP contribution in [-0.4, -0.2) is 33.6 Å². The molecule has 24 heavy (non-hydrogen) atoms. The Morgan fingerprint density at radius 2 is 2.21 bits per heavy atom. The summed E-state index contributed by atoms with van der Waals surface area (Å²) in [5.74, 6) is 0.0467. The summed E-state index contributed by atoms with van der Waals surface area (Å²) in [4.78, 5) is 13.4. The molecule has 6 heteroatoms. The van der Waals surface area contributed by atoms with Crippen LogP contribution in [0.2, 0.25) is 0 Å². The van der Waals surface area contributed by atoms with E-state index in [1.165, 1.54) is 10.5 Å². The maximum Gasteiger partial charge on any atom is 0.231 e. The molecule has 0 unspecified atom stereocenters. The molecule has 6 nitrogen and oxygen atoms in total. The molecule has 0 radical (unpaired) electrons. The summed E-state index contributed by atoms with van der Waals surface area (Å²) in [5, 5.41) is 15.5. The molecule has 1 aromatic heterocycles. The van der Waals surface area contributed by atoms with Gasteiger partial charge in [0, 0.05) is 18.8 Å². The van der Waals surface area contributed by atoms with Crippen molar-refractivity contribution in [3.8, 4) is 5.69 Å². The van der Waals surface area contributed by atoms with Gasteiger partial charge in [-0.1, -0.05) is 25.5 Å². The first-order valence-electron chi connectivity index (χ1n) is 8.21. The average Bonchev–Trinajstić information content (AvgIpc) is 3.04. The molecule has 1 fully saturated rings. The van der Waals surface area contributed by atoms with E-state index in [4.69, 9.17) is 5.41 Å². The fraction of sp³-hybridized carbons (Fsp3) is 0.389. The predicted molar refractivity (Wildman–Crippen MR) is 93.2 cm³/mol. The minimum Gasteiger partial charge on any atom is -0.346 e. The average molecular weight is 325 g/mol. The van der Waals surface area contributed by atoms with Gasteiger partial charge < -0.3 is 5.32 Å². The van der Waals surface area contributed by atoms with Crippen LogP contribution in [0.1, 0.15) is 37.8 Å². The van der Waals surface area contributed by atoms with Gasteiger partial charge in [0.25, 0.3) is 0 Å². The van der Waals surface area contributed by atoms with Gasteiger partial charge in [-0.25, -0.2) is 4.68 Å². The van der Waals surface area contributed by atoms with Crippen molar-refractivity contribution in [2.75, 3.05) is 7.05 Å². The van der Waals surface area contributed by atoms with Crippen LogP contribution in [-0.2, 0) is 16.8 Å². The Hall–Kier alpha value is -2.63. The SMILES string of the molecule is CCCc1cccc(-n2cc([C@]3(C)CC(=O)N(C)C(=N)N3)cn2)c1. The number of amides is 1. The summed E-state index contributed by atoms with van der Waals surface area (Å²) in [6.45, 7) is 4.10. The van der Waals surface area contributed by atoms with Crippen LogP contribution in [0.4, 0.5) is 0 Å². The van der Waals surface area contributed by atoms with Crippen molar-refractivity contribution in [3.05, 3.63) is 47.8 Å². The number of carbonyl (C=O) groups excluding carboxylic acids is 1. The number of aromatic nitrogens is 2. The summed E-state index contributed by atoms with van der Waals surface area (Å²) < 4.78 is 1.83.